The smallest absolute Gasteiger partial charge is 0.328 e. The monoisotopic (exact) mass is 279 g/mol. The molecule has 0 N–H and O–H groups in total. The van der Waals surface area contributed by atoms with E-state index in [-0.39, 0.29) is 5.97 Å². The molecule has 1 atom stereocenters. The number of anilines is 1. The largest absolute Gasteiger partial charge is 0.467 e. The Morgan fingerprint density at radius 2 is 1.89 bits per heavy atom. The Morgan fingerprint density at radius 3 is 2.32 bits per heavy atom. The van der Waals surface area contributed by atoms with Crippen LogP contribution in [0.3, 0.4) is 0 Å². The van der Waals surface area contributed by atoms with Crippen molar-refractivity contribution in [1.29, 1.82) is 0 Å². The number of hydrogen-bond acceptors (Lipinski definition) is 3. The van der Waals surface area contributed by atoms with Crippen molar-refractivity contribution in [1.82, 2.24) is 0 Å². The number of methoxy groups -OCH3 is 1. The summed E-state index contributed by atoms with van der Waals surface area (Å²) in [6.45, 7) is 7.86. The van der Waals surface area contributed by atoms with Gasteiger partial charge in [0.25, 0.3) is 0 Å². The van der Waals surface area contributed by atoms with E-state index in [9.17, 15) is 4.79 Å². The lowest BCUT2D eigenvalue weighted by atomic mass is 10.1. The van der Waals surface area contributed by atoms with Gasteiger partial charge in [0.2, 0.25) is 0 Å². The first-order valence-corrected chi connectivity index (χ1v) is 6.80. The van der Waals surface area contributed by atoms with Crippen LogP contribution in [0.2, 0.25) is 0 Å². The molecule has 3 nitrogen and oxygen atoms in total. The van der Waals surface area contributed by atoms with Crippen LogP contribution in [0.1, 0.15) is 31.4 Å². The zero-order valence-corrected chi connectivity index (χ0v) is 13.0. The van der Waals surface area contributed by atoms with E-state index < -0.39 is 6.04 Å². The van der Waals surface area contributed by atoms with Crippen molar-refractivity contribution >= 4 is 28.9 Å². The summed E-state index contributed by atoms with van der Waals surface area (Å²) in [5.74, 6) is -0.279. The van der Waals surface area contributed by atoms with Crippen molar-refractivity contribution in [2.45, 2.75) is 40.2 Å². The number of hydrogen-bond donors (Lipinski definition) is 0. The SMILES string of the molecule is CCC(=S)N(c1c(C)cccc1C)C(C)C(=O)OC. The Labute approximate surface area is 120 Å². The molecule has 0 aromatic heterocycles. The molecule has 1 rings (SSSR count). The van der Waals surface area contributed by atoms with Crippen molar-refractivity contribution in [2.75, 3.05) is 12.0 Å². The van der Waals surface area contributed by atoms with E-state index in [1.165, 1.54) is 7.11 Å². The molecule has 0 aliphatic heterocycles. The van der Waals surface area contributed by atoms with Gasteiger partial charge < -0.3 is 9.64 Å². The highest BCUT2D eigenvalue weighted by Gasteiger charge is 2.27. The molecule has 0 saturated carbocycles. The lowest BCUT2D eigenvalue weighted by Gasteiger charge is -2.32. The fraction of sp³-hybridized carbons (Fsp3) is 0.467. The predicted molar refractivity (Wildman–Crippen MR) is 82.8 cm³/mol. The number of para-hydroxylation sites is 1. The molecule has 0 fully saturated rings. The third kappa shape index (κ3) is 3.32. The summed E-state index contributed by atoms with van der Waals surface area (Å²) in [5, 5.41) is 0. The fourth-order valence-electron chi connectivity index (χ4n) is 2.17. The maximum atomic E-state index is 11.8. The second-order valence-electron chi connectivity index (χ2n) is 4.56. The average Bonchev–Trinajstić information content (AvgIpc) is 2.40. The summed E-state index contributed by atoms with van der Waals surface area (Å²) in [5.41, 5.74) is 3.21. The molecule has 4 heteroatoms. The summed E-state index contributed by atoms with van der Waals surface area (Å²) in [6.07, 6.45) is 0.713. The standard InChI is InChI=1S/C15H21NO2S/c1-6-13(19)16(12(4)15(17)18-5)14-10(2)8-7-9-11(14)3/h7-9,12H,6H2,1-5H3. The van der Waals surface area contributed by atoms with Crippen molar-refractivity contribution in [3.8, 4) is 0 Å². The van der Waals surface area contributed by atoms with Crippen LogP contribution in [0.25, 0.3) is 0 Å². The van der Waals surface area contributed by atoms with Gasteiger partial charge in [0.1, 0.15) is 6.04 Å². The number of esters is 1. The molecule has 0 aliphatic carbocycles. The van der Waals surface area contributed by atoms with Gasteiger partial charge in [0, 0.05) is 5.69 Å². The van der Waals surface area contributed by atoms with E-state index in [4.69, 9.17) is 17.0 Å². The van der Waals surface area contributed by atoms with Crippen LogP contribution in [-0.4, -0.2) is 24.1 Å². The molecule has 0 amide bonds. The van der Waals surface area contributed by atoms with Crippen LogP contribution in [0.4, 0.5) is 5.69 Å². The van der Waals surface area contributed by atoms with Crippen molar-refractivity contribution in [2.24, 2.45) is 0 Å². The van der Waals surface area contributed by atoms with E-state index in [2.05, 4.69) is 0 Å². The first-order chi connectivity index (χ1) is 8.93. The Kier molecular flexibility index (Phi) is 5.48. The molecule has 0 spiro atoms. The molecule has 1 aromatic rings. The maximum absolute atomic E-state index is 11.8. The summed E-state index contributed by atoms with van der Waals surface area (Å²) in [6, 6.07) is 5.64. The van der Waals surface area contributed by atoms with Crippen LogP contribution in [-0.2, 0) is 9.53 Å². The molecule has 1 unspecified atom stereocenters. The highest BCUT2D eigenvalue weighted by atomic mass is 32.1. The minimum Gasteiger partial charge on any atom is -0.467 e. The molecule has 19 heavy (non-hydrogen) atoms. The minimum absolute atomic E-state index is 0.279. The minimum atomic E-state index is -0.419. The van der Waals surface area contributed by atoms with Gasteiger partial charge in [-0.3, -0.25) is 0 Å². The zero-order chi connectivity index (χ0) is 14.6. The Bertz CT molecular complexity index is 465. The van der Waals surface area contributed by atoms with Crippen LogP contribution >= 0.6 is 12.2 Å². The predicted octanol–water partition coefficient (Wildman–Crippen LogP) is 3.41. The number of nitrogens with zero attached hydrogens (tertiary/aromatic N) is 1. The van der Waals surface area contributed by atoms with Crippen molar-refractivity contribution in [3.05, 3.63) is 29.3 Å². The van der Waals surface area contributed by atoms with E-state index in [0.717, 1.165) is 21.8 Å². The number of aryl methyl sites for hydroxylation is 2. The number of thiocarbonyl (C=S) groups is 1. The molecule has 0 radical (unpaired) electrons. The average molecular weight is 279 g/mol. The second-order valence-corrected chi connectivity index (χ2v) is 5.03. The number of carbonyl (C=O) groups is 1. The van der Waals surface area contributed by atoms with Gasteiger partial charge in [-0.05, 0) is 38.3 Å². The second kappa shape index (κ2) is 6.66. The zero-order valence-electron chi connectivity index (χ0n) is 12.2. The Hall–Kier alpha value is -1.42. The van der Waals surface area contributed by atoms with Gasteiger partial charge in [-0.15, -0.1) is 0 Å². The van der Waals surface area contributed by atoms with E-state index in [1.807, 2.05) is 50.8 Å². The van der Waals surface area contributed by atoms with Crippen molar-refractivity contribution in [3.63, 3.8) is 0 Å². The molecule has 104 valence electrons. The summed E-state index contributed by atoms with van der Waals surface area (Å²) in [7, 11) is 1.40. The lowest BCUT2D eigenvalue weighted by molar-refractivity contribution is -0.141. The van der Waals surface area contributed by atoms with E-state index in [1.54, 1.807) is 0 Å². The van der Waals surface area contributed by atoms with E-state index in [0.29, 0.717) is 6.42 Å². The van der Waals surface area contributed by atoms with Crippen LogP contribution in [0, 0.1) is 13.8 Å². The van der Waals surface area contributed by atoms with Gasteiger partial charge in [-0.25, -0.2) is 4.79 Å². The lowest BCUT2D eigenvalue weighted by Crippen LogP contribution is -2.43. The highest BCUT2D eigenvalue weighted by molar-refractivity contribution is 7.80. The fourth-order valence-corrected chi connectivity index (χ4v) is 2.42. The molecule has 0 aliphatic rings. The third-order valence-electron chi connectivity index (χ3n) is 3.18. The van der Waals surface area contributed by atoms with E-state index >= 15 is 0 Å². The maximum Gasteiger partial charge on any atom is 0.328 e. The Balaban J connectivity index is 3.32. The highest BCUT2D eigenvalue weighted by Crippen LogP contribution is 2.28. The normalized spacial score (nSPS) is 11.8. The quantitative estimate of drug-likeness (QED) is 0.624. The molecule has 1 aromatic carbocycles. The van der Waals surface area contributed by atoms with Crippen LogP contribution in [0.5, 0.6) is 0 Å². The first-order valence-electron chi connectivity index (χ1n) is 6.40. The topological polar surface area (TPSA) is 29.5 Å². The van der Waals surface area contributed by atoms with Gasteiger partial charge in [-0.2, -0.15) is 0 Å². The molecular formula is C15H21NO2S. The molecule has 0 saturated heterocycles. The van der Waals surface area contributed by atoms with Gasteiger partial charge >= 0.3 is 5.97 Å². The summed E-state index contributed by atoms with van der Waals surface area (Å²) < 4.78 is 4.85. The van der Waals surface area contributed by atoms with Crippen LogP contribution in [0.15, 0.2) is 18.2 Å². The van der Waals surface area contributed by atoms with Crippen molar-refractivity contribution < 1.29 is 9.53 Å². The summed E-state index contributed by atoms with van der Waals surface area (Å²) in [4.78, 5) is 14.5. The molecular weight excluding hydrogens is 258 g/mol. The van der Waals surface area contributed by atoms with Gasteiger partial charge in [0.05, 0.1) is 12.1 Å². The van der Waals surface area contributed by atoms with Gasteiger partial charge in [-0.1, -0.05) is 37.3 Å². The van der Waals surface area contributed by atoms with Gasteiger partial charge in [0.15, 0.2) is 0 Å². The molecule has 0 heterocycles. The number of ether oxygens (including phenoxy) is 1. The summed E-state index contributed by atoms with van der Waals surface area (Å²) >= 11 is 5.44. The number of benzene rings is 1. The third-order valence-corrected chi connectivity index (χ3v) is 3.67. The number of carbonyl (C=O) groups excluding carboxylic acids is 1. The van der Waals surface area contributed by atoms with Crippen LogP contribution < -0.4 is 4.90 Å². The Morgan fingerprint density at radius 1 is 1.37 bits per heavy atom. The first kappa shape index (κ1) is 15.6. The molecule has 0 bridgehead atoms. The number of rotatable bonds is 4.